The standard InChI is InChI=1S/C24H22N2O/c1-27-18-11-12-22-19(14-18)20(15-23(26-22)16-7-3-2-4-8-16)24-13-17-9-5-6-10-21(17)25-24/h2-14,20,23,25-26H,15H2,1H3/t20-,23-/m0/s1. The molecule has 0 spiro atoms. The quantitative estimate of drug-likeness (QED) is 0.483. The van der Waals surface area contributed by atoms with Gasteiger partial charge in [-0.25, -0.2) is 0 Å². The highest BCUT2D eigenvalue weighted by molar-refractivity contribution is 5.81. The first-order valence-corrected chi connectivity index (χ1v) is 9.39. The lowest BCUT2D eigenvalue weighted by Gasteiger charge is -2.33. The average molecular weight is 354 g/mol. The van der Waals surface area contributed by atoms with Crippen molar-refractivity contribution in [1.82, 2.24) is 4.98 Å². The van der Waals surface area contributed by atoms with E-state index in [1.807, 2.05) is 6.07 Å². The van der Waals surface area contributed by atoms with Crippen molar-refractivity contribution in [2.24, 2.45) is 0 Å². The molecule has 134 valence electrons. The van der Waals surface area contributed by atoms with E-state index < -0.39 is 0 Å². The second-order valence-corrected chi connectivity index (χ2v) is 7.16. The van der Waals surface area contributed by atoms with E-state index in [0.29, 0.717) is 0 Å². The van der Waals surface area contributed by atoms with Gasteiger partial charge < -0.3 is 15.0 Å². The monoisotopic (exact) mass is 354 g/mol. The van der Waals surface area contributed by atoms with Gasteiger partial charge in [-0.3, -0.25) is 0 Å². The van der Waals surface area contributed by atoms with Gasteiger partial charge in [-0.15, -0.1) is 0 Å². The van der Waals surface area contributed by atoms with Crippen LogP contribution in [0.2, 0.25) is 0 Å². The van der Waals surface area contributed by atoms with Crippen molar-refractivity contribution in [2.75, 3.05) is 12.4 Å². The Morgan fingerprint density at radius 2 is 1.70 bits per heavy atom. The maximum absolute atomic E-state index is 5.50. The summed E-state index contributed by atoms with van der Waals surface area (Å²) in [6, 6.07) is 28.1. The minimum absolute atomic E-state index is 0.281. The largest absolute Gasteiger partial charge is 0.497 e. The highest BCUT2D eigenvalue weighted by atomic mass is 16.5. The SMILES string of the molecule is COc1ccc2c(c1)[C@@H](c1cc3ccccc3[nH]1)C[C@@H](c1ccccc1)N2. The molecule has 1 aromatic heterocycles. The molecule has 27 heavy (non-hydrogen) atoms. The molecular weight excluding hydrogens is 332 g/mol. The molecule has 0 saturated heterocycles. The summed E-state index contributed by atoms with van der Waals surface area (Å²) < 4.78 is 5.50. The Hall–Kier alpha value is -3.20. The van der Waals surface area contributed by atoms with E-state index in [-0.39, 0.29) is 12.0 Å². The fourth-order valence-corrected chi connectivity index (χ4v) is 4.18. The van der Waals surface area contributed by atoms with Gasteiger partial charge in [-0.1, -0.05) is 48.5 Å². The lowest BCUT2D eigenvalue weighted by atomic mass is 9.82. The number of hydrogen-bond acceptors (Lipinski definition) is 2. The van der Waals surface area contributed by atoms with E-state index in [9.17, 15) is 0 Å². The molecule has 0 radical (unpaired) electrons. The lowest BCUT2D eigenvalue weighted by Crippen LogP contribution is -2.22. The number of H-pyrrole nitrogens is 1. The van der Waals surface area contributed by atoms with Gasteiger partial charge in [0.15, 0.2) is 0 Å². The van der Waals surface area contributed by atoms with Gasteiger partial charge in [0.25, 0.3) is 0 Å². The Labute approximate surface area is 159 Å². The fraction of sp³-hybridized carbons (Fsp3) is 0.167. The van der Waals surface area contributed by atoms with Crippen LogP contribution in [0.4, 0.5) is 5.69 Å². The molecule has 3 aromatic carbocycles. The van der Waals surface area contributed by atoms with E-state index in [1.54, 1.807) is 7.11 Å². The molecule has 0 amide bonds. The Bertz CT molecular complexity index is 1050. The number of aromatic nitrogens is 1. The van der Waals surface area contributed by atoms with Gasteiger partial charge in [-0.2, -0.15) is 0 Å². The maximum atomic E-state index is 5.50. The Kier molecular flexibility index (Phi) is 3.86. The highest BCUT2D eigenvalue weighted by Crippen LogP contribution is 2.45. The smallest absolute Gasteiger partial charge is 0.119 e. The van der Waals surface area contributed by atoms with Crippen molar-refractivity contribution in [3.8, 4) is 5.75 Å². The van der Waals surface area contributed by atoms with Crippen LogP contribution in [-0.4, -0.2) is 12.1 Å². The summed E-state index contributed by atoms with van der Waals surface area (Å²) in [5.41, 5.74) is 6.23. The maximum Gasteiger partial charge on any atom is 0.119 e. The van der Waals surface area contributed by atoms with Crippen molar-refractivity contribution in [2.45, 2.75) is 18.4 Å². The lowest BCUT2D eigenvalue weighted by molar-refractivity contribution is 0.413. The zero-order chi connectivity index (χ0) is 18.2. The summed E-state index contributed by atoms with van der Waals surface area (Å²) in [6.07, 6.45) is 0.997. The molecule has 0 saturated carbocycles. The number of aromatic amines is 1. The molecule has 5 rings (SSSR count). The number of benzene rings is 3. The molecule has 3 nitrogen and oxygen atoms in total. The number of para-hydroxylation sites is 1. The average Bonchev–Trinajstić information content (AvgIpc) is 3.17. The molecule has 0 aliphatic carbocycles. The second-order valence-electron chi connectivity index (χ2n) is 7.16. The summed E-state index contributed by atoms with van der Waals surface area (Å²) in [5, 5.41) is 4.98. The van der Waals surface area contributed by atoms with Gasteiger partial charge in [0, 0.05) is 22.8 Å². The van der Waals surface area contributed by atoms with Crippen LogP contribution in [0.3, 0.4) is 0 Å². The highest BCUT2D eigenvalue weighted by Gasteiger charge is 2.30. The number of methoxy groups -OCH3 is 1. The third-order valence-corrected chi connectivity index (χ3v) is 5.56. The van der Waals surface area contributed by atoms with Crippen LogP contribution in [0.25, 0.3) is 10.9 Å². The summed E-state index contributed by atoms with van der Waals surface area (Å²) in [4.78, 5) is 3.65. The van der Waals surface area contributed by atoms with E-state index >= 15 is 0 Å². The third kappa shape index (κ3) is 2.85. The molecule has 1 aliphatic rings. The number of hydrogen-bond donors (Lipinski definition) is 2. The van der Waals surface area contributed by atoms with Crippen molar-refractivity contribution in [3.63, 3.8) is 0 Å². The first-order valence-electron chi connectivity index (χ1n) is 9.39. The van der Waals surface area contributed by atoms with Gasteiger partial charge in [0.1, 0.15) is 5.75 Å². The Balaban J connectivity index is 1.63. The van der Waals surface area contributed by atoms with Gasteiger partial charge in [-0.05, 0) is 53.3 Å². The molecule has 4 aromatic rings. The summed E-state index contributed by atoms with van der Waals surface area (Å²) in [7, 11) is 1.72. The fourth-order valence-electron chi connectivity index (χ4n) is 4.18. The van der Waals surface area contributed by atoms with Crippen LogP contribution in [0, 0.1) is 0 Å². The van der Waals surface area contributed by atoms with Gasteiger partial charge >= 0.3 is 0 Å². The summed E-state index contributed by atoms with van der Waals surface area (Å²) in [5.74, 6) is 1.18. The molecule has 2 atom stereocenters. The second kappa shape index (κ2) is 6.51. The van der Waals surface area contributed by atoms with Crippen LogP contribution in [0.5, 0.6) is 5.75 Å². The topological polar surface area (TPSA) is 37.0 Å². The van der Waals surface area contributed by atoms with Crippen LogP contribution in [-0.2, 0) is 0 Å². The van der Waals surface area contributed by atoms with Crippen LogP contribution < -0.4 is 10.1 Å². The number of rotatable bonds is 3. The summed E-state index contributed by atoms with van der Waals surface area (Å²) >= 11 is 0. The molecule has 1 aliphatic heterocycles. The molecule has 0 bridgehead atoms. The molecule has 0 fully saturated rings. The molecule has 2 heterocycles. The van der Waals surface area contributed by atoms with Crippen molar-refractivity contribution >= 4 is 16.6 Å². The van der Waals surface area contributed by atoms with E-state index in [4.69, 9.17) is 4.74 Å². The molecule has 3 heteroatoms. The Morgan fingerprint density at radius 3 is 2.52 bits per heavy atom. The first kappa shape index (κ1) is 16.0. The number of ether oxygens (including phenoxy) is 1. The molecular formula is C24H22N2O. The number of nitrogens with one attached hydrogen (secondary N) is 2. The van der Waals surface area contributed by atoms with Crippen molar-refractivity contribution in [3.05, 3.63) is 95.7 Å². The zero-order valence-electron chi connectivity index (χ0n) is 15.3. The van der Waals surface area contributed by atoms with Crippen molar-refractivity contribution in [1.29, 1.82) is 0 Å². The third-order valence-electron chi connectivity index (χ3n) is 5.56. The van der Waals surface area contributed by atoms with E-state index in [1.165, 1.54) is 33.4 Å². The van der Waals surface area contributed by atoms with Gasteiger partial charge in [0.05, 0.1) is 13.2 Å². The predicted molar refractivity (Wildman–Crippen MR) is 111 cm³/mol. The van der Waals surface area contributed by atoms with E-state index in [0.717, 1.165) is 12.2 Å². The number of fused-ring (bicyclic) bond motifs is 2. The van der Waals surface area contributed by atoms with Crippen LogP contribution >= 0.6 is 0 Å². The molecule has 2 N–H and O–H groups in total. The molecule has 0 unspecified atom stereocenters. The number of anilines is 1. The van der Waals surface area contributed by atoms with Crippen LogP contribution in [0.1, 0.15) is 35.2 Å². The minimum atomic E-state index is 0.281. The normalized spacial score (nSPS) is 18.7. The van der Waals surface area contributed by atoms with E-state index in [2.05, 4.69) is 83.1 Å². The van der Waals surface area contributed by atoms with Crippen molar-refractivity contribution < 1.29 is 4.74 Å². The Morgan fingerprint density at radius 1 is 0.889 bits per heavy atom. The minimum Gasteiger partial charge on any atom is -0.497 e. The zero-order valence-corrected chi connectivity index (χ0v) is 15.3. The van der Waals surface area contributed by atoms with Crippen LogP contribution in [0.15, 0.2) is 78.9 Å². The predicted octanol–water partition coefficient (Wildman–Crippen LogP) is 5.87. The van der Waals surface area contributed by atoms with Gasteiger partial charge in [0.2, 0.25) is 0 Å². The first-order chi connectivity index (χ1) is 13.3. The summed E-state index contributed by atoms with van der Waals surface area (Å²) in [6.45, 7) is 0.